The topological polar surface area (TPSA) is 63.8 Å². The molecular formula is C12H12N4OS. The molecule has 0 saturated heterocycles. The van der Waals surface area contributed by atoms with E-state index in [4.69, 9.17) is 4.42 Å². The Bertz CT molecular complexity index is 675. The maximum Gasteiger partial charge on any atom is 0.216 e. The first kappa shape index (κ1) is 11.2. The minimum Gasteiger partial charge on any atom is -0.444 e. The third kappa shape index (κ3) is 1.95. The summed E-state index contributed by atoms with van der Waals surface area (Å²) in [6, 6.07) is 1.95. The summed E-state index contributed by atoms with van der Waals surface area (Å²) in [6.45, 7) is 3.87. The Kier molecular flexibility index (Phi) is 2.71. The van der Waals surface area contributed by atoms with E-state index in [0.717, 1.165) is 21.8 Å². The lowest BCUT2D eigenvalue weighted by atomic mass is 10.3. The van der Waals surface area contributed by atoms with Crippen LogP contribution in [-0.2, 0) is 0 Å². The summed E-state index contributed by atoms with van der Waals surface area (Å²) in [5.41, 5.74) is 0.952. The predicted molar refractivity (Wildman–Crippen MR) is 70.7 cm³/mol. The molecule has 5 nitrogen and oxygen atoms in total. The summed E-state index contributed by atoms with van der Waals surface area (Å²) in [5.74, 6) is 2.29. The average Bonchev–Trinajstić information content (AvgIpc) is 2.97. The molecule has 92 valence electrons. The fourth-order valence-corrected chi connectivity index (χ4v) is 2.53. The van der Waals surface area contributed by atoms with Crippen molar-refractivity contribution < 1.29 is 4.42 Å². The van der Waals surface area contributed by atoms with Gasteiger partial charge in [-0.1, -0.05) is 0 Å². The molecule has 3 heterocycles. The number of rotatable bonds is 3. The van der Waals surface area contributed by atoms with Crippen LogP contribution in [0.2, 0.25) is 0 Å². The third-order valence-corrected chi connectivity index (χ3v) is 3.52. The maximum atomic E-state index is 5.50. The van der Waals surface area contributed by atoms with Crippen LogP contribution < -0.4 is 5.32 Å². The standard InChI is InChI=1S/C12H12N4OS/c1-7-5-13-12(17-7)8(2)16-11-10-9(3-4-18-10)14-6-15-11/h3-6,8H,1-2H3,(H,14,15,16). The van der Waals surface area contributed by atoms with Crippen LogP contribution in [0.25, 0.3) is 10.2 Å². The first-order valence-electron chi connectivity index (χ1n) is 5.61. The molecule has 1 atom stereocenters. The molecule has 0 fully saturated rings. The van der Waals surface area contributed by atoms with Crippen molar-refractivity contribution in [1.29, 1.82) is 0 Å². The molecule has 1 N–H and O–H groups in total. The van der Waals surface area contributed by atoms with E-state index in [9.17, 15) is 0 Å². The number of aromatic nitrogens is 3. The first-order valence-corrected chi connectivity index (χ1v) is 6.49. The van der Waals surface area contributed by atoms with Crippen molar-refractivity contribution in [1.82, 2.24) is 15.0 Å². The molecular weight excluding hydrogens is 248 g/mol. The lowest BCUT2D eigenvalue weighted by Gasteiger charge is -2.11. The summed E-state index contributed by atoms with van der Waals surface area (Å²) in [4.78, 5) is 12.7. The molecule has 0 radical (unpaired) electrons. The SMILES string of the molecule is Cc1cnc(C(C)Nc2ncnc3ccsc23)o1. The van der Waals surface area contributed by atoms with E-state index in [1.54, 1.807) is 23.9 Å². The lowest BCUT2D eigenvalue weighted by molar-refractivity contribution is 0.453. The fourth-order valence-electron chi connectivity index (χ4n) is 1.73. The Hall–Kier alpha value is -1.95. The van der Waals surface area contributed by atoms with Crippen molar-refractivity contribution in [3.05, 3.63) is 35.6 Å². The van der Waals surface area contributed by atoms with Crippen LogP contribution in [0, 0.1) is 6.92 Å². The summed E-state index contributed by atoms with van der Waals surface area (Å²) >= 11 is 1.62. The van der Waals surface area contributed by atoms with Gasteiger partial charge in [-0.25, -0.2) is 15.0 Å². The summed E-state index contributed by atoms with van der Waals surface area (Å²) in [7, 11) is 0. The van der Waals surface area contributed by atoms with Crippen LogP contribution in [0.4, 0.5) is 5.82 Å². The molecule has 0 amide bonds. The van der Waals surface area contributed by atoms with Gasteiger partial charge in [0.2, 0.25) is 5.89 Å². The number of thiophene rings is 1. The smallest absolute Gasteiger partial charge is 0.216 e. The summed E-state index contributed by atoms with van der Waals surface area (Å²) in [5, 5.41) is 5.31. The predicted octanol–water partition coefficient (Wildman–Crippen LogP) is 3.16. The second kappa shape index (κ2) is 4.38. The highest BCUT2D eigenvalue weighted by Gasteiger charge is 2.13. The van der Waals surface area contributed by atoms with E-state index in [1.807, 2.05) is 25.3 Å². The Morgan fingerprint density at radius 3 is 3.00 bits per heavy atom. The van der Waals surface area contributed by atoms with Crippen molar-refractivity contribution >= 4 is 27.4 Å². The van der Waals surface area contributed by atoms with Crippen LogP contribution in [0.1, 0.15) is 24.6 Å². The number of aryl methyl sites for hydroxylation is 1. The number of fused-ring (bicyclic) bond motifs is 1. The average molecular weight is 260 g/mol. The Balaban J connectivity index is 1.90. The molecule has 0 aliphatic rings. The van der Waals surface area contributed by atoms with Gasteiger partial charge in [-0.05, 0) is 25.3 Å². The number of nitrogens with zero attached hydrogens (tertiary/aromatic N) is 3. The lowest BCUT2D eigenvalue weighted by Crippen LogP contribution is -2.08. The molecule has 3 aromatic heterocycles. The summed E-state index contributed by atoms with van der Waals surface area (Å²) < 4.78 is 6.55. The fraction of sp³-hybridized carbons (Fsp3) is 0.250. The van der Waals surface area contributed by atoms with Gasteiger partial charge in [-0.15, -0.1) is 11.3 Å². The first-order chi connectivity index (χ1) is 8.74. The highest BCUT2D eigenvalue weighted by molar-refractivity contribution is 7.17. The highest BCUT2D eigenvalue weighted by Crippen LogP contribution is 2.27. The van der Waals surface area contributed by atoms with Gasteiger partial charge in [0.15, 0.2) is 0 Å². The van der Waals surface area contributed by atoms with E-state index in [2.05, 4.69) is 20.3 Å². The summed E-state index contributed by atoms with van der Waals surface area (Å²) in [6.07, 6.45) is 3.28. The molecule has 6 heteroatoms. The molecule has 0 aromatic carbocycles. The van der Waals surface area contributed by atoms with Crippen molar-refractivity contribution in [2.75, 3.05) is 5.32 Å². The van der Waals surface area contributed by atoms with Crippen LogP contribution in [0.15, 0.2) is 28.4 Å². The van der Waals surface area contributed by atoms with E-state index in [0.29, 0.717) is 5.89 Å². The van der Waals surface area contributed by atoms with Crippen LogP contribution in [0.5, 0.6) is 0 Å². The van der Waals surface area contributed by atoms with Crippen molar-refractivity contribution in [3.8, 4) is 0 Å². The Morgan fingerprint density at radius 2 is 2.22 bits per heavy atom. The van der Waals surface area contributed by atoms with Gasteiger partial charge in [0.1, 0.15) is 23.9 Å². The van der Waals surface area contributed by atoms with Crippen molar-refractivity contribution in [3.63, 3.8) is 0 Å². The van der Waals surface area contributed by atoms with Gasteiger partial charge >= 0.3 is 0 Å². The minimum absolute atomic E-state index is 0.0288. The number of hydrogen-bond acceptors (Lipinski definition) is 6. The van der Waals surface area contributed by atoms with Crippen molar-refractivity contribution in [2.24, 2.45) is 0 Å². The molecule has 3 rings (SSSR count). The van der Waals surface area contributed by atoms with Gasteiger partial charge in [0.05, 0.1) is 16.4 Å². The monoisotopic (exact) mass is 260 g/mol. The van der Waals surface area contributed by atoms with Gasteiger partial charge in [-0.3, -0.25) is 0 Å². The zero-order valence-corrected chi connectivity index (χ0v) is 10.9. The van der Waals surface area contributed by atoms with Crippen LogP contribution in [0.3, 0.4) is 0 Å². The Morgan fingerprint density at radius 1 is 1.33 bits per heavy atom. The molecule has 0 bridgehead atoms. The van der Waals surface area contributed by atoms with E-state index < -0.39 is 0 Å². The van der Waals surface area contributed by atoms with E-state index in [1.165, 1.54) is 0 Å². The van der Waals surface area contributed by atoms with Crippen LogP contribution >= 0.6 is 11.3 Å². The van der Waals surface area contributed by atoms with E-state index >= 15 is 0 Å². The van der Waals surface area contributed by atoms with Gasteiger partial charge in [-0.2, -0.15) is 0 Å². The molecule has 18 heavy (non-hydrogen) atoms. The molecule has 0 spiro atoms. The molecule has 0 aliphatic heterocycles. The second-order valence-corrected chi connectivity index (χ2v) is 4.95. The molecule has 1 unspecified atom stereocenters. The largest absolute Gasteiger partial charge is 0.444 e. The number of anilines is 1. The molecule has 0 saturated carbocycles. The number of oxazole rings is 1. The maximum absolute atomic E-state index is 5.50. The second-order valence-electron chi connectivity index (χ2n) is 4.03. The number of nitrogens with one attached hydrogen (secondary N) is 1. The van der Waals surface area contributed by atoms with Crippen molar-refractivity contribution in [2.45, 2.75) is 19.9 Å². The molecule has 3 aromatic rings. The van der Waals surface area contributed by atoms with Gasteiger partial charge < -0.3 is 9.73 Å². The third-order valence-electron chi connectivity index (χ3n) is 2.61. The molecule has 0 aliphatic carbocycles. The quantitative estimate of drug-likeness (QED) is 0.783. The van der Waals surface area contributed by atoms with Gasteiger partial charge in [0, 0.05) is 0 Å². The van der Waals surface area contributed by atoms with Crippen LogP contribution in [-0.4, -0.2) is 15.0 Å². The normalized spacial score (nSPS) is 12.8. The zero-order valence-electron chi connectivity index (χ0n) is 10.0. The minimum atomic E-state index is -0.0288. The number of hydrogen-bond donors (Lipinski definition) is 1. The zero-order chi connectivity index (χ0) is 12.5. The van der Waals surface area contributed by atoms with E-state index in [-0.39, 0.29) is 6.04 Å². The Labute approximate surface area is 108 Å². The van der Waals surface area contributed by atoms with Gasteiger partial charge in [0.25, 0.3) is 0 Å². The highest BCUT2D eigenvalue weighted by atomic mass is 32.1.